The molecule has 0 aromatic rings. The summed E-state index contributed by atoms with van der Waals surface area (Å²) < 4.78 is 11.0. The number of hydrogen-bond donors (Lipinski definition) is 0. The minimum absolute atomic E-state index is 0.0424. The van der Waals surface area contributed by atoms with Crippen molar-refractivity contribution in [2.75, 3.05) is 20.4 Å². The minimum atomic E-state index is -1.05. The summed E-state index contributed by atoms with van der Waals surface area (Å²) in [5.41, 5.74) is 0. The molecule has 0 aromatic heterocycles. The van der Waals surface area contributed by atoms with Crippen LogP contribution >= 0.6 is 0 Å². The number of nitrogens with zero attached hydrogens (tertiary/aromatic N) is 1. The molecule has 0 fully saturated rings. The maximum absolute atomic E-state index is 11.5. The van der Waals surface area contributed by atoms with E-state index in [1.165, 1.54) is 0 Å². The Balaban J connectivity index is 4.29. The first-order chi connectivity index (χ1) is 5.37. The Morgan fingerprint density at radius 1 is 1.33 bits per heavy atom. The number of carbonyl (C=O) groups excluding carboxylic acids is 1. The van der Waals surface area contributed by atoms with Gasteiger partial charge in [-0.15, -0.1) is 0 Å². The summed E-state index contributed by atoms with van der Waals surface area (Å²) in [6.45, 7) is 3.53. The number of carbonyl (C=O) groups is 1. The van der Waals surface area contributed by atoms with E-state index in [4.69, 9.17) is 0 Å². The molecule has 72 valence electrons. The molecule has 0 bridgehead atoms. The van der Waals surface area contributed by atoms with E-state index in [-0.39, 0.29) is 17.1 Å². The first kappa shape index (κ1) is 11.8. The molecule has 0 saturated heterocycles. The highest BCUT2D eigenvalue weighted by Crippen LogP contribution is 2.02. The maximum Gasteiger partial charge on any atom is 0.164 e. The van der Waals surface area contributed by atoms with E-state index in [1.807, 2.05) is 25.9 Å². The number of ketones is 1. The molecule has 0 aliphatic carbocycles. The quantitative estimate of drug-likeness (QED) is 0.640. The second kappa shape index (κ2) is 4.72. The molecule has 0 saturated carbocycles. The van der Waals surface area contributed by atoms with Gasteiger partial charge < -0.3 is 0 Å². The van der Waals surface area contributed by atoms with Gasteiger partial charge in [0, 0.05) is 17.1 Å². The highest BCUT2D eigenvalue weighted by Gasteiger charge is 2.23. The predicted octanol–water partition coefficient (Wildman–Crippen LogP) is 0.273. The topological polar surface area (TPSA) is 37.4 Å². The molecule has 12 heavy (non-hydrogen) atoms. The number of Topliss-reactive ketones (excluding diaryl/α,β-unsaturated/α-hetero) is 1. The second-order valence-corrected chi connectivity index (χ2v) is 4.89. The third kappa shape index (κ3) is 3.03. The fraction of sp³-hybridized carbons (Fsp3) is 0.875. The van der Waals surface area contributed by atoms with E-state index >= 15 is 0 Å². The van der Waals surface area contributed by atoms with E-state index in [9.17, 15) is 9.00 Å². The van der Waals surface area contributed by atoms with Crippen molar-refractivity contribution in [1.82, 2.24) is 4.90 Å². The lowest BCUT2D eigenvalue weighted by Gasteiger charge is -2.20. The van der Waals surface area contributed by atoms with Gasteiger partial charge >= 0.3 is 0 Å². The molecule has 3 atom stereocenters. The second-order valence-electron chi connectivity index (χ2n) is 3.18. The molecular formula is C8H17NO2S. The van der Waals surface area contributed by atoms with Crippen LogP contribution in [0.15, 0.2) is 0 Å². The van der Waals surface area contributed by atoms with Gasteiger partial charge in [0.15, 0.2) is 5.78 Å². The van der Waals surface area contributed by atoms with Crippen LogP contribution in [0.5, 0.6) is 0 Å². The van der Waals surface area contributed by atoms with Crippen molar-refractivity contribution in [2.24, 2.45) is 0 Å². The monoisotopic (exact) mass is 191 g/mol. The Morgan fingerprint density at radius 2 is 1.75 bits per heavy atom. The Bertz CT molecular complexity index is 191. The van der Waals surface area contributed by atoms with Gasteiger partial charge in [0.1, 0.15) is 0 Å². The molecule has 0 amide bonds. The largest absolute Gasteiger partial charge is 0.300 e. The number of rotatable bonds is 4. The minimum Gasteiger partial charge on any atom is -0.300 e. The van der Waals surface area contributed by atoms with Gasteiger partial charge in [-0.1, -0.05) is 0 Å². The van der Waals surface area contributed by atoms with Crippen LogP contribution in [0.25, 0.3) is 0 Å². The van der Waals surface area contributed by atoms with Crippen molar-refractivity contribution in [3.05, 3.63) is 0 Å². The van der Waals surface area contributed by atoms with Gasteiger partial charge in [-0.05, 0) is 27.9 Å². The summed E-state index contributed by atoms with van der Waals surface area (Å²) in [7, 11) is 2.63. The van der Waals surface area contributed by atoms with Gasteiger partial charge in [-0.3, -0.25) is 13.9 Å². The summed E-state index contributed by atoms with van der Waals surface area (Å²) in [4.78, 5) is 13.3. The summed E-state index contributed by atoms with van der Waals surface area (Å²) >= 11 is 0. The molecule has 3 nitrogen and oxygen atoms in total. The van der Waals surface area contributed by atoms with Crippen molar-refractivity contribution in [3.8, 4) is 0 Å². The lowest BCUT2D eigenvalue weighted by atomic mass is 10.1. The van der Waals surface area contributed by atoms with Crippen LogP contribution in [0.3, 0.4) is 0 Å². The average molecular weight is 191 g/mol. The van der Waals surface area contributed by atoms with Crippen LogP contribution in [0.2, 0.25) is 0 Å². The Kier molecular flexibility index (Phi) is 4.63. The van der Waals surface area contributed by atoms with E-state index in [0.717, 1.165) is 0 Å². The molecule has 0 rings (SSSR count). The molecule has 0 radical (unpaired) electrons. The van der Waals surface area contributed by atoms with Gasteiger partial charge in [-0.25, -0.2) is 0 Å². The molecule has 0 spiro atoms. The fourth-order valence-electron chi connectivity index (χ4n) is 0.758. The average Bonchev–Trinajstić information content (AvgIpc) is 2.00. The molecule has 0 aliphatic rings. The first-order valence-corrected chi connectivity index (χ1v) is 5.52. The van der Waals surface area contributed by atoms with E-state index < -0.39 is 10.8 Å². The SMILES string of the molecule is CC(C(=O)[C@@H](C)S(C)=O)N(C)C. The van der Waals surface area contributed by atoms with Crippen molar-refractivity contribution in [3.63, 3.8) is 0 Å². The molecule has 0 heterocycles. The lowest BCUT2D eigenvalue weighted by molar-refractivity contribution is -0.122. The Labute approximate surface area is 76.6 Å². The smallest absolute Gasteiger partial charge is 0.164 e. The van der Waals surface area contributed by atoms with Crippen LogP contribution in [0.4, 0.5) is 0 Å². The standard InChI is InChI=1S/C8H17NO2S/c1-6(9(3)4)8(10)7(2)12(5)11/h6-7H,1-5H3/t6?,7-,12?/m1/s1. The summed E-state index contributed by atoms with van der Waals surface area (Å²) in [5, 5.41) is -0.359. The van der Waals surface area contributed by atoms with Gasteiger partial charge in [0.25, 0.3) is 0 Å². The predicted molar refractivity (Wildman–Crippen MR) is 51.7 cm³/mol. The third-order valence-corrected chi connectivity index (χ3v) is 3.31. The van der Waals surface area contributed by atoms with Crippen molar-refractivity contribution in [2.45, 2.75) is 25.1 Å². The Hall–Kier alpha value is -0.220. The van der Waals surface area contributed by atoms with E-state index in [2.05, 4.69) is 0 Å². The van der Waals surface area contributed by atoms with Crippen LogP contribution in [-0.2, 0) is 15.6 Å². The fourth-order valence-corrected chi connectivity index (χ4v) is 1.28. The zero-order valence-electron chi connectivity index (χ0n) is 8.33. The number of likely N-dealkylation sites (N-methyl/N-ethyl adjacent to an activating group) is 1. The van der Waals surface area contributed by atoms with Crippen molar-refractivity contribution < 1.29 is 9.00 Å². The summed E-state index contributed by atoms with van der Waals surface area (Å²) in [5.74, 6) is 0.0424. The normalized spacial score (nSPS) is 18.8. The molecule has 2 unspecified atom stereocenters. The Morgan fingerprint density at radius 3 is 2.00 bits per heavy atom. The number of hydrogen-bond acceptors (Lipinski definition) is 3. The zero-order valence-corrected chi connectivity index (χ0v) is 9.14. The molecule has 4 heteroatoms. The zero-order chi connectivity index (χ0) is 9.89. The molecule has 0 aromatic carbocycles. The van der Waals surface area contributed by atoms with Gasteiger partial charge in [0.2, 0.25) is 0 Å². The van der Waals surface area contributed by atoms with Crippen LogP contribution in [0.1, 0.15) is 13.8 Å². The van der Waals surface area contributed by atoms with E-state index in [1.54, 1.807) is 13.2 Å². The summed E-state index contributed by atoms with van der Waals surface area (Å²) in [6.07, 6.45) is 1.56. The summed E-state index contributed by atoms with van der Waals surface area (Å²) in [6, 6.07) is -0.149. The van der Waals surface area contributed by atoms with Gasteiger partial charge in [0.05, 0.1) is 11.3 Å². The highest BCUT2D eigenvalue weighted by molar-refractivity contribution is 7.85. The van der Waals surface area contributed by atoms with E-state index in [0.29, 0.717) is 0 Å². The molecule has 0 aliphatic heterocycles. The van der Waals surface area contributed by atoms with Crippen LogP contribution < -0.4 is 0 Å². The van der Waals surface area contributed by atoms with Crippen LogP contribution in [-0.4, -0.2) is 46.5 Å². The first-order valence-electron chi connectivity index (χ1n) is 3.90. The lowest BCUT2D eigenvalue weighted by Crippen LogP contribution is -2.39. The molecule has 0 N–H and O–H groups in total. The van der Waals surface area contributed by atoms with Crippen molar-refractivity contribution in [1.29, 1.82) is 0 Å². The van der Waals surface area contributed by atoms with Gasteiger partial charge in [-0.2, -0.15) is 0 Å². The highest BCUT2D eigenvalue weighted by atomic mass is 32.2. The van der Waals surface area contributed by atoms with Crippen LogP contribution in [0, 0.1) is 0 Å². The molecular weight excluding hydrogens is 174 g/mol. The maximum atomic E-state index is 11.5. The van der Waals surface area contributed by atoms with Crippen molar-refractivity contribution >= 4 is 16.6 Å². The third-order valence-electron chi connectivity index (χ3n) is 2.08.